The number of amides is 2. The van der Waals surface area contributed by atoms with E-state index in [0.29, 0.717) is 0 Å². The van der Waals surface area contributed by atoms with Crippen molar-refractivity contribution >= 4 is 65.8 Å². The number of hydrogen-bond donors (Lipinski definition) is 0. The first-order chi connectivity index (χ1) is 11.1. The molecule has 0 aromatic carbocycles. The van der Waals surface area contributed by atoms with E-state index in [1.54, 1.807) is 0 Å². The third-order valence-electron chi connectivity index (χ3n) is 2.11. The predicted octanol–water partition coefficient (Wildman–Crippen LogP) is 1.76. The van der Waals surface area contributed by atoms with Crippen LogP contribution in [0.2, 0.25) is 0 Å². The fourth-order valence-electron chi connectivity index (χ4n) is 0.587. The van der Waals surface area contributed by atoms with Crippen LogP contribution >= 0.6 is 22.0 Å². The van der Waals surface area contributed by atoms with E-state index in [1.807, 2.05) is 0 Å². The Hall–Kier alpha value is -1.12. The minimum absolute atomic E-state index is 0.164. The van der Waals surface area contributed by atoms with Gasteiger partial charge >= 0.3 is 12.2 Å². The summed E-state index contributed by atoms with van der Waals surface area (Å²) in [7, 11) is 1.88. The van der Waals surface area contributed by atoms with Gasteiger partial charge in [-0.25, -0.2) is 18.2 Å². The first-order valence-corrected chi connectivity index (χ1v) is 11.2. The van der Waals surface area contributed by atoms with Gasteiger partial charge in [0.1, 0.15) is 10.1 Å². The molecule has 0 fully saturated rings. The first kappa shape index (κ1) is 22.9. The monoisotopic (exact) mass is 418 g/mol. The summed E-state index contributed by atoms with van der Waals surface area (Å²) < 4.78 is 24.2. The van der Waals surface area contributed by atoms with Crippen molar-refractivity contribution in [3.05, 3.63) is 0 Å². The van der Waals surface area contributed by atoms with Crippen molar-refractivity contribution in [3.8, 4) is 0 Å². The molecular formula is C10H18N4O6S4. The van der Waals surface area contributed by atoms with E-state index in [9.17, 15) is 18.0 Å². The van der Waals surface area contributed by atoms with Gasteiger partial charge in [0.2, 0.25) is 0 Å². The van der Waals surface area contributed by atoms with Crippen LogP contribution in [0.4, 0.5) is 9.59 Å². The Morgan fingerprint density at radius 3 is 1.38 bits per heavy atom. The molecule has 0 aliphatic carbocycles. The summed E-state index contributed by atoms with van der Waals surface area (Å²) in [6, 6.07) is 0. The zero-order chi connectivity index (χ0) is 18.9. The minimum atomic E-state index is -1.33. The van der Waals surface area contributed by atoms with Crippen LogP contribution in [0.5, 0.6) is 0 Å². The van der Waals surface area contributed by atoms with E-state index in [-0.39, 0.29) is 10.1 Å². The van der Waals surface area contributed by atoms with Gasteiger partial charge in [-0.2, -0.15) is 0 Å². The van der Waals surface area contributed by atoms with Gasteiger partial charge in [0.15, 0.2) is 0 Å². The first-order valence-electron chi connectivity index (χ1n) is 6.06. The molecular weight excluding hydrogens is 400 g/mol. The molecule has 0 aromatic rings. The van der Waals surface area contributed by atoms with Gasteiger partial charge in [0.25, 0.3) is 0 Å². The standard InChI is InChI=1S/C10H18N4O6S4/c1-7(23(5)17)11-19-9(15)13(3)21-22-14(4)10(16)20-12-8(2)24(6)18/h1-6H3. The summed E-state index contributed by atoms with van der Waals surface area (Å²) >= 11 is 0. The smallest absolute Gasteiger partial charge is 0.296 e. The molecule has 14 heteroatoms. The fraction of sp³-hybridized carbons (Fsp3) is 0.600. The SMILES string of the molecule is CC(=NOC(=O)N(C)SSN(C)C(=O)ON=C(C)S(C)=O)S(C)=O. The van der Waals surface area contributed by atoms with Crippen LogP contribution in [0.1, 0.15) is 13.8 Å². The molecule has 138 valence electrons. The van der Waals surface area contributed by atoms with Crippen LogP contribution in [0.15, 0.2) is 10.3 Å². The summed E-state index contributed by atoms with van der Waals surface area (Å²) in [4.78, 5) is 32.4. The van der Waals surface area contributed by atoms with Crippen molar-refractivity contribution in [3.63, 3.8) is 0 Å². The molecule has 2 amide bonds. The molecule has 0 saturated carbocycles. The van der Waals surface area contributed by atoms with E-state index in [2.05, 4.69) is 20.0 Å². The molecule has 0 aliphatic rings. The van der Waals surface area contributed by atoms with Crippen LogP contribution in [0.3, 0.4) is 0 Å². The molecule has 0 radical (unpaired) electrons. The van der Waals surface area contributed by atoms with Gasteiger partial charge in [0, 0.05) is 48.6 Å². The number of carbonyl (C=O) groups is 2. The summed E-state index contributed by atoms with van der Waals surface area (Å²) in [6.07, 6.45) is 1.18. The van der Waals surface area contributed by atoms with Crippen LogP contribution in [-0.4, -0.2) is 65.9 Å². The molecule has 0 rings (SSSR count). The predicted molar refractivity (Wildman–Crippen MR) is 98.0 cm³/mol. The third kappa shape index (κ3) is 9.24. The van der Waals surface area contributed by atoms with Crippen molar-refractivity contribution in [1.82, 2.24) is 8.61 Å². The van der Waals surface area contributed by atoms with Gasteiger partial charge in [0.05, 0.1) is 21.6 Å². The van der Waals surface area contributed by atoms with Gasteiger partial charge in [-0.3, -0.25) is 18.1 Å². The molecule has 0 N–H and O–H groups in total. The maximum absolute atomic E-state index is 11.6. The second kappa shape index (κ2) is 11.4. The van der Waals surface area contributed by atoms with Crippen molar-refractivity contribution in [2.24, 2.45) is 10.3 Å². The topological polar surface area (TPSA) is 118 Å². The molecule has 0 saturated heterocycles. The Labute approximate surface area is 152 Å². The van der Waals surface area contributed by atoms with Gasteiger partial charge in [-0.05, 0) is 13.8 Å². The van der Waals surface area contributed by atoms with Gasteiger partial charge < -0.3 is 0 Å². The highest BCUT2D eigenvalue weighted by Gasteiger charge is 2.17. The fourth-order valence-corrected chi connectivity index (χ4v) is 2.23. The van der Waals surface area contributed by atoms with Gasteiger partial charge in [-0.15, -0.1) is 0 Å². The number of nitrogens with zero attached hydrogens (tertiary/aromatic N) is 4. The molecule has 0 aliphatic heterocycles. The molecule has 0 bridgehead atoms. The van der Waals surface area contributed by atoms with Gasteiger partial charge in [-0.1, -0.05) is 10.3 Å². The van der Waals surface area contributed by atoms with Crippen LogP contribution < -0.4 is 0 Å². The Balaban J connectivity index is 4.36. The molecule has 0 aromatic heterocycles. The zero-order valence-electron chi connectivity index (χ0n) is 13.9. The summed E-state index contributed by atoms with van der Waals surface area (Å²) in [6.45, 7) is 2.92. The maximum atomic E-state index is 11.6. The highest BCUT2D eigenvalue weighted by Crippen LogP contribution is 2.28. The van der Waals surface area contributed by atoms with Crippen molar-refractivity contribution < 1.29 is 27.7 Å². The highest BCUT2D eigenvalue weighted by atomic mass is 33.1. The second-order valence-electron chi connectivity index (χ2n) is 3.99. The summed E-state index contributed by atoms with van der Waals surface area (Å²) in [5.74, 6) is 0. The average molecular weight is 419 g/mol. The molecule has 24 heavy (non-hydrogen) atoms. The van der Waals surface area contributed by atoms with Crippen LogP contribution in [0.25, 0.3) is 0 Å². The lowest BCUT2D eigenvalue weighted by Crippen LogP contribution is -2.22. The summed E-state index contributed by atoms with van der Waals surface area (Å²) in [5, 5.41) is 7.17. The Morgan fingerprint density at radius 1 is 0.833 bits per heavy atom. The minimum Gasteiger partial charge on any atom is -0.296 e. The number of oxime groups is 2. The third-order valence-corrected chi connectivity index (χ3v) is 6.27. The zero-order valence-corrected chi connectivity index (χ0v) is 17.1. The van der Waals surface area contributed by atoms with E-state index >= 15 is 0 Å². The normalized spacial score (nSPS) is 14.6. The Kier molecular flexibility index (Phi) is 10.9. The van der Waals surface area contributed by atoms with Crippen LogP contribution in [-0.2, 0) is 31.3 Å². The maximum Gasteiger partial charge on any atom is 0.446 e. The molecule has 0 heterocycles. The molecule has 2 atom stereocenters. The van der Waals surface area contributed by atoms with E-state index < -0.39 is 33.8 Å². The van der Waals surface area contributed by atoms with E-state index in [0.717, 1.165) is 30.6 Å². The quantitative estimate of drug-likeness (QED) is 0.165. The van der Waals surface area contributed by atoms with Crippen LogP contribution in [0, 0.1) is 0 Å². The Morgan fingerprint density at radius 2 is 1.12 bits per heavy atom. The lowest BCUT2D eigenvalue weighted by atomic mass is 10.9. The van der Waals surface area contributed by atoms with Crippen molar-refractivity contribution in [2.45, 2.75) is 13.8 Å². The number of hydrogen-bond acceptors (Lipinski definition) is 10. The molecule has 0 spiro atoms. The van der Waals surface area contributed by atoms with Crippen molar-refractivity contribution in [2.75, 3.05) is 26.6 Å². The molecule has 2 unspecified atom stereocenters. The van der Waals surface area contributed by atoms with Crippen molar-refractivity contribution in [1.29, 1.82) is 0 Å². The lowest BCUT2D eigenvalue weighted by Gasteiger charge is -2.16. The number of rotatable bonds is 5. The lowest BCUT2D eigenvalue weighted by molar-refractivity contribution is 0.136. The second-order valence-corrected chi connectivity index (χ2v) is 9.27. The van der Waals surface area contributed by atoms with E-state index in [4.69, 9.17) is 0 Å². The highest BCUT2D eigenvalue weighted by molar-refractivity contribution is 8.75. The molecule has 10 nitrogen and oxygen atoms in total. The number of carbonyl (C=O) groups excluding carboxylic acids is 2. The summed E-state index contributed by atoms with van der Waals surface area (Å²) in [5.41, 5.74) is 0. The Bertz CT molecular complexity index is 532. The largest absolute Gasteiger partial charge is 0.446 e. The average Bonchev–Trinajstić information content (AvgIpc) is 2.53. The van der Waals surface area contributed by atoms with E-state index in [1.165, 1.54) is 40.5 Å².